The average molecular weight is 397 g/mol. The molecule has 0 aromatic heterocycles. The van der Waals surface area contributed by atoms with Gasteiger partial charge in [0.05, 0.1) is 5.54 Å². The van der Waals surface area contributed by atoms with Gasteiger partial charge in [0.25, 0.3) is 0 Å². The number of carbonyl (C=O) groups excluding carboxylic acids is 2. The number of nitrogens with one attached hydrogen (secondary N) is 2. The van der Waals surface area contributed by atoms with Gasteiger partial charge in [-0.15, -0.1) is 0 Å². The molecule has 134 valence electrons. The molecule has 0 radical (unpaired) electrons. The molecule has 1 aromatic rings. The first-order valence-corrected chi connectivity index (χ1v) is 9.40. The molecule has 4 nitrogen and oxygen atoms in total. The molecule has 1 unspecified atom stereocenters. The van der Waals surface area contributed by atoms with Crippen LogP contribution in [-0.4, -0.2) is 18.4 Å². The fourth-order valence-corrected chi connectivity index (χ4v) is 3.35. The molecule has 2 N–H and O–H groups in total. The Labute approximate surface area is 153 Å². The SMILES string of the molecule is CCNC(=O)CCCC(=O)NC(C)(CC(C)C)c1cccc(Br)c1. The van der Waals surface area contributed by atoms with E-state index < -0.39 is 5.54 Å². The molecular formula is C19H29BrN2O2. The lowest BCUT2D eigenvalue weighted by atomic mass is 9.84. The van der Waals surface area contributed by atoms with E-state index in [1.165, 1.54) is 0 Å². The Morgan fingerprint density at radius 3 is 2.46 bits per heavy atom. The van der Waals surface area contributed by atoms with E-state index >= 15 is 0 Å². The molecule has 5 heteroatoms. The van der Waals surface area contributed by atoms with Crippen LogP contribution in [0.3, 0.4) is 0 Å². The smallest absolute Gasteiger partial charge is 0.220 e. The van der Waals surface area contributed by atoms with Crippen LogP contribution in [0.15, 0.2) is 28.7 Å². The van der Waals surface area contributed by atoms with Crippen molar-refractivity contribution in [3.63, 3.8) is 0 Å². The van der Waals surface area contributed by atoms with E-state index in [9.17, 15) is 9.59 Å². The number of rotatable bonds is 9. The van der Waals surface area contributed by atoms with Crippen LogP contribution in [0, 0.1) is 5.92 Å². The van der Waals surface area contributed by atoms with E-state index in [-0.39, 0.29) is 11.8 Å². The molecule has 1 atom stereocenters. The van der Waals surface area contributed by atoms with E-state index in [4.69, 9.17) is 0 Å². The number of hydrogen-bond acceptors (Lipinski definition) is 2. The van der Waals surface area contributed by atoms with Crippen molar-refractivity contribution in [1.82, 2.24) is 10.6 Å². The zero-order chi connectivity index (χ0) is 18.2. The van der Waals surface area contributed by atoms with E-state index in [0.717, 1.165) is 16.5 Å². The Hall–Kier alpha value is -1.36. The number of halogens is 1. The van der Waals surface area contributed by atoms with Gasteiger partial charge in [-0.3, -0.25) is 9.59 Å². The molecule has 0 bridgehead atoms. The first-order chi connectivity index (χ1) is 11.3. The first-order valence-electron chi connectivity index (χ1n) is 8.60. The molecule has 0 aliphatic carbocycles. The van der Waals surface area contributed by atoms with E-state index in [0.29, 0.717) is 31.7 Å². The number of benzene rings is 1. The highest BCUT2D eigenvalue weighted by atomic mass is 79.9. The summed E-state index contributed by atoms with van der Waals surface area (Å²) in [7, 11) is 0. The van der Waals surface area contributed by atoms with Gasteiger partial charge in [0.2, 0.25) is 11.8 Å². The van der Waals surface area contributed by atoms with Crippen LogP contribution in [0.25, 0.3) is 0 Å². The summed E-state index contributed by atoms with van der Waals surface area (Å²) < 4.78 is 1.00. The maximum atomic E-state index is 12.4. The van der Waals surface area contributed by atoms with Gasteiger partial charge in [-0.25, -0.2) is 0 Å². The van der Waals surface area contributed by atoms with Crippen LogP contribution in [0.5, 0.6) is 0 Å². The lowest BCUT2D eigenvalue weighted by Gasteiger charge is -2.33. The summed E-state index contributed by atoms with van der Waals surface area (Å²) in [6.07, 6.45) is 2.16. The summed E-state index contributed by atoms with van der Waals surface area (Å²) in [5.74, 6) is 0.439. The molecule has 0 fully saturated rings. The lowest BCUT2D eigenvalue weighted by Crippen LogP contribution is -2.44. The Morgan fingerprint density at radius 1 is 1.21 bits per heavy atom. The fourth-order valence-electron chi connectivity index (χ4n) is 2.95. The maximum absolute atomic E-state index is 12.4. The van der Waals surface area contributed by atoms with Crippen LogP contribution in [0.2, 0.25) is 0 Å². The fraction of sp³-hybridized carbons (Fsp3) is 0.579. The van der Waals surface area contributed by atoms with Gasteiger partial charge < -0.3 is 10.6 Å². The second-order valence-corrected chi connectivity index (χ2v) is 7.71. The average Bonchev–Trinajstić information content (AvgIpc) is 2.46. The summed E-state index contributed by atoms with van der Waals surface area (Å²) >= 11 is 3.50. The van der Waals surface area contributed by atoms with Crippen molar-refractivity contribution in [2.75, 3.05) is 6.54 Å². The van der Waals surface area contributed by atoms with Gasteiger partial charge in [-0.2, -0.15) is 0 Å². The summed E-state index contributed by atoms with van der Waals surface area (Å²) in [5, 5.41) is 5.93. The second kappa shape index (κ2) is 9.82. The summed E-state index contributed by atoms with van der Waals surface area (Å²) in [4.78, 5) is 23.8. The van der Waals surface area contributed by atoms with Crippen molar-refractivity contribution in [2.45, 2.75) is 58.9 Å². The normalized spacial score (nSPS) is 13.4. The van der Waals surface area contributed by atoms with Crippen LogP contribution >= 0.6 is 15.9 Å². The monoisotopic (exact) mass is 396 g/mol. The standard InChI is InChI=1S/C19H29BrN2O2/c1-5-21-17(23)10-7-11-18(24)22-19(4,13-14(2)3)15-8-6-9-16(20)12-15/h6,8-9,12,14H,5,7,10-11,13H2,1-4H3,(H,21,23)(H,22,24). The predicted molar refractivity (Wildman–Crippen MR) is 102 cm³/mol. The maximum Gasteiger partial charge on any atom is 0.220 e. The Kier molecular flexibility index (Phi) is 8.46. The van der Waals surface area contributed by atoms with E-state index in [1.807, 2.05) is 25.1 Å². The highest BCUT2D eigenvalue weighted by Crippen LogP contribution is 2.30. The van der Waals surface area contributed by atoms with E-state index in [2.05, 4.69) is 53.4 Å². The summed E-state index contributed by atoms with van der Waals surface area (Å²) in [6.45, 7) is 8.88. The highest BCUT2D eigenvalue weighted by Gasteiger charge is 2.29. The third-order valence-corrected chi connectivity index (χ3v) is 4.37. The Morgan fingerprint density at radius 2 is 1.88 bits per heavy atom. The number of hydrogen-bond donors (Lipinski definition) is 2. The molecule has 1 aromatic carbocycles. The molecule has 0 heterocycles. The van der Waals surface area contributed by atoms with Crippen LogP contribution in [0.4, 0.5) is 0 Å². The quantitative estimate of drug-likeness (QED) is 0.658. The number of amides is 2. The number of carbonyl (C=O) groups is 2. The zero-order valence-electron chi connectivity index (χ0n) is 15.1. The largest absolute Gasteiger partial charge is 0.356 e. The predicted octanol–water partition coefficient (Wildman–Crippen LogP) is 4.13. The second-order valence-electron chi connectivity index (χ2n) is 6.80. The molecule has 1 rings (SSSR count). The van der Waals surface area contributed by atoms with Gasteiger partial charge in [0.1, 0.15) is 0 Å². The minimum absolute atomic E-state index is 0.00207. The van der Waals surface area contributed by atoms with Gasteiger partial charge in [-0.05, 0) is 50.3 Å². The van der Waals surface area contributed by atoms with Crippen molar-refractivity contribution < 1.29 is 9.59 Å². The summed E-state index contributed by atoms with van der Waals surface area (Å²) in [5.41, 5.74) is 0.670. The Balaban J connectivity index is 2.72. The molecular weight excluding hydrogens is 368 g/mol. The molecule has 0 aliphatic rings. The van der Waals surface area contributed by atoms with Gasteiger partial charge in [0, 0.05) is 23.9 Å². The molecule has 24 heavy (non-hydrogen) atoms. The topological polar surface area (TPSA) is 58.2 Å². The third-order valence-electron chi connectivity index (χ3n) is 3.88. The van der Waals surface area contributed by atoms with Gasteiger partial charge in [-0.1, -0.05) is 41.9 Å². The van der Waals surface area contributed by atoms with Crippen LogP contribution in [0.1, 0.15) is 58.9 Å². The van der Waals surface area contributed by atoms with Crippen molar-refractivity contribution >= 4 is 27.7 Å². The molecule has 0 spiro atoms. The molecule has 2 amide bonds. The molecule has 0 saturated carbocycles. The third kappa shape index (κ3) is 7.04. The van der Waals surface area contributed by atoms with E-state index in [1.54, 1.807) is 0 Å². The Bertz CT molecular complexity index is 560. The zero-order valence-corrected chi connectivity index (χ0v) is 16.7. The van der Waals surface area contributed by atoms with Crippen molar-refractivity contribution in [2.24, 2.45) is 5.92 Å². The van der Waals surface area contributed by atoms with Gasteiger partial charge >= 0.3 is 0 Å². The van der Waals surface area contributed by atoms with Crippen LogP contribution in [-0.2, 0) is 15.1 Å². The van der Waals surface area contributed by atoms with Gasteiger partial charge in [0.15, 0.2) is 0 Å². The molecule has 0 saturated heterocycles. The van der Waals surface area contributed by atoms with Crippen LogP contribution < -0.4 is 10.6 Å². The highest BCUT2D eigenvalue weighted by molar-refractivity contribution is 9.10. The minimum atomic E-state index is -0.416. The minimum Gasteiger partial charge on any atom is -0.356 e. The summed E-state index contributed by atoms with van der Waals surface area (Å²) in [6, 6.07) is 8.06. The molecule has 0 aliphatic heterocycles. The lowest BCUT2D eigenvalue weighted by molar-refractivity contribution is -0.123. The van der Waals surface area contributed by atoms with Crippen molar-refractivity contribution in [1.29, 1.82) is 0 Å². The van der Waals surface area contributed by atoms with Crippen molar-refractivity contribution in [3.8, 4) is 0 Å². The first kappa shape index (κ1) is 20.7. The van der Waals surface area contributed by atoms with Crippen molar-refractivity contribution in [3.05, 3.63) is 34.3 Å².